The minimum atomic E-state index is -0.245. The van der Waals surface area contributed by atoms with Crippen molar-refractivity contribution < 1.29 is 4.79 Å². The van der Waals surface area contributed by atoms with Gasteiger partial charge in [0.2, 0.25) is 5.78 Å². The number of thioether (sulfide) groups is 1. The topological polar surface area (TPSA) is 40.9 Å². The van der Waals surface area contributed by atoms with Crippen LogP contribution in [0.5, 0.6) is 0 Å². The molecule has 0 bridgehead atoms. The van der Waals surface area contributed by atoms with E-state index in [-0.39, 0.29) is 11.4 Å². The van der Waals surface area contributed by atoms with E-state index in [2.05, 4.69) is 6.07 Å². The monoisotopic (exact) mass is 329 g/mol. The van der Waals surface area contributed by atoms with Gasteiger partial charge in [0, 0.05) is 20.9 Å². The Morgan fingerprint density at radius 1 is 1.08 bits per heavy atom. The van der Waals surface area contributed by atoms with Gasteiger partial charge in [0.1, 0.15) is 11.6 Å². The first-order chi connectivity index (χ1) is 11.7. The SMILES string of the molecule is C/C=C/C1=CC(=C(/C#N)C(=O)c2ccccc2)/c2ccccc2S1. The third-order valence-electron chi connectivity index (χ3n) is 3.67. The number of Topliss-reactive ketones (excluding diaryl/α,β-unsaturated/α-hetero) is 1. The number of fused-ring (bicyclic) bond motifs is 1. The Kier molecular flexibility index (Phi) is 4.79. The van der Waals surface area contributed by atoms with Gasteiger partial charge in [-0.25, -0.2) is 0 Å². The zero-order valence-electron chi connectivity index (χ0n) is 13.2. The number of benzene rings is 2. The maximum atomic E-state index is 12.8. The molecule has 0 spiro atoms. The minimum absolute atomic E-state index is 0.177. The Labute approximate surface area is 145 Å². The summed E-state index contributed by atoms with van der Waals surface area (Å²) in [5, 5.41) is 9.67. The van der Waals surface area contributed by atoms with E-state index in [0.717, 1.165) is 15.4 Å². The number of hydrogen-bond donors (Lipinski definition) is 0. The van der Waals surface area contributed by atoms with Crippen molar-refractivity contribution in [2.45, 2.75) is 11.8 Å². The van der Waals surface area contributed by atoms with Crippen molar-refractivity contribution in [3.63, 3.8) is 0 Å². The van der Waals surface area contributed by atoms with E-state index in [1.165, 1.54) is 0 Å². The molecule has 0 saturated carbocycles. The summed E-state index contributed by atoms with van der Waals surface area (Å²) in [7, 11) is 0. The molecular formula is C21H15NOS. The quantitative estimate of drug-likeness (QED) is 0.429. The van der Waals surface area contributed by atoms with Gasteiger partial charge in [-0.3, -0.25) is 4.79 Å². The number of allylic oxidation sites excluding steroid dienone is 5. The smallest absolute Gasteiger partial charge is 0.204 e. The highest BCUT2D eigenvalue weighted by molar-refractivity contribution is 8.03. The van der Waals surface area contributed by atoms with Crippen molar-refractivity contribution in [3.05, 3.63) is 94.4 Å². The average molecular weight is 329 g/mol. The summed E-state index contributed by atoms with van der Waals surface area (Å²) >= 11 is 1.64. The van der Waals surface area contributed by atoms with Crippen molar-refractivity contribution >= 4 is 23.1 Å². The van der Waals surface area contributed by atoms with E-state index < -0.39 is 0 Å². The molecule has 2 nitrogen and oxygen atoms in total. The average Bonchev–Trinajstić information content (AvgIpc) is 2.63. The van der Waals surface area contributed by atoms with Crippen LogP contribution in [0, 0.1) is 11.3 Å². The molecule has 1 heterocycles. The number of rotatable bonds is 3. The molecular weight excluding hydrogens is 314 g/mol. The Hall–Kier alpha value is -2.83. The summed E-state index contributed by atoms with van der Waals surface area (Å²) < 4.78 is 0. The zero-order chi connectivity index (χ0) is 16.9. The lowest BCUT2D eigenvalue weighted by Crippen LogP contribution is -2.06. The van der Waals surface area contributed by atoms with Crippen LogP contribution >= 0.6 is 11.8 Å². The Balaban J connectivity index is 2.21. The molecule has 0 aliphatic carbocycles. The number of carbonyl (C=O) groups is 1. The van der Waals surface area contributed by atoms with Gasteiger partial charge in [-0.05, 0) is 24.6 Å². The van der Waals surface area contributed by atoms with Crippen molar-refractivity contribution in [2.24, 2.45) is 0 Å². The Bertz CT molecular complexity index is 914. The number of nitriles is 1. The van der Waals surface area contributed by atoms with Gasteiger partial charge in [0.15, 0.2) is 0 Å². The van der Waals surface area contributed by atoms with Gasteiger partial charge < -0.3 is 0 Å². The summed E-state index contributed by atoms with van der Waals surface area (Å²) in [5.74, 6) is -0.245. The second-order valence-corrected chi connectivity index (χ2v) is 6.36. The van der Waals surface area contributed by atoms with Gasteiger partial charge in [-0.2, -0.15) is 5.26 Å². The number of ketones is 1. The Morgan fingerprint density at radius 2 is 1.79 bits per heavy atom. The maximum Gasteiger partial charge on any atom is 0.204 e. The molecule has 0 radical (unpaired) electrons. The third kappa shape index (κ3) is 3.10. The maximum absolute atomic E-state index is 12.8. The molecule has 1 aliphatic heterocycles. The molecule has 0 aromatic heterocycles. The van der Waals surface area contributed by atoms with Crippen molar-refractivity contribution in [1.29, 1.82) is 5.26 Å². The molecule has 3 rings (SSSR count). The van der Waals surface area contributed by atoms with Crippen LogP contribution in [-0.4, -0.2) is 5.78 Å². The first kappa shape index (κ1) is 16.0. The van der Waals surface area contributed by atoms with Crippen LogP contribution in [-0.2, 0) is 0 Å². The lowest BCUT2D eigenvalue weighted by molar-refractivity contribution is 0.103. The van der Waals surface area contributed by atoms with E-state index in [0.29, 0.717) is 11.1 Å². The van der Waals surface area contributed by atoms with Crippen LogP contribution < -0.4 is 0 Å². The molecule has 116 valence electrons. The van der Waals surface area contributed by atoms with E-state index in [1.807, 2.05) is 55.5 Å². The van der Waals surface area contributed by atoms with Crippen LogP contribution in [0.3, 0.4) is 0 Å². The van der Waals surface area contributed by atoms with Crippen LogP contribution in [0.4, 0.5) is 0 Å². The molecule has 2 aromatic rings. The molecule has 24 heavy (non-hydrogen) atoms. The number of nitrogens with zero attached hydrogens (tertiary/aromatic N) is 1. The fourth-order valence-corrected chi connectivity index (χ4v) is 3.64. The van der Waals surface area contributed by atoms with E-state index >= 15 is 0 Å². The fraction of sp³-hybridized carbons (Fsp3) is 0.0476. The molecule has 3 heteroatoms. The molecule has 0 unspecified atom stereocenters. The first-order valence-electron chi connectivity index (χ1n) is 7.60. The normalized spacial score (nSPS) is 15.4. The highest BCUT2D eigenvalue weighted by Gasteiger charge is 2.22. The molecule has 0 fully saturated rings. The molecule has 2 aromatic carbocycles. The fourth-order valence-electron chi connectivity index (χ4n) is 2.58. The molecule has 0 atom stereocenters. The standard InChI is InChI=1S/C21H15NOS/c1-2-8-16-13-18(17-11-6-7-12-20(17)24-16)19(14-22)21(23)15-9-4-3-5-10-15/h2-13H,1H3/b8-2+,19-18+. The highest BCUT2D eigenvalue weighted by atomic mass is 32.2. The summed E-state index contributed by atoms with van der Waals surface area (Å²) in [6.07, 6.45) is 5.87. The predicted octanol–water partition coefficient (Wildman–Crippen LogP) is 5.41. The van der Waals surface area contributed by atoms with Crippen LogP contribution in [0.1, 0.15) is 22.8 Å². The second-order valence-electron chi connectivity index (χ2n) is 5.24. The lowest BCUT2D eigenvalue weighted by Gasteiger charge is -2.18. The molecule has 0 amide bonds. The van der Waals surface area contributed by atoms with Gasteiger partial charge >= 0.3 is 0 Å². The van der Waals surface area contributed by atoms with Gasteiger partial charge in [-0.1, -0.05) is 72.4 Å². The first-order valence-corrected chi connectivity index (χ1v) is 8.42. The molecule has 1 aliphatic rings. The zero-order valence-corrected chi connectivity index (χ0v) is 14.0. The summed E-state index contributed by atoms with van der Waals surface area (Å²) in [6.45, 7) is 1.95. The third-order valence-corrected chi connectivity index (χ3v) is 4.73. The highest BCUT2D eigenvalue weighted by Crippen LogP contribution is 2.41. The van der Waals surface area contributed by atoms with Crippen molar-refractivity contribution in [1.82, 2.24) is 0 Å². The van der Waals surface area contributed by atoms with Crippen LogP contribution in [0.25, 0.3) is 5.57 Å². The lowest BCUT2D eigenvalue weighted by atomic mass is 9.94. The number of hydrogen-bond acceptors (Lipinski definition) is 3. The van der Waals surface area contributed by atoms with E-state index in [1.54, 1.807) is 36.0 Å². The summed E-state index contributed by atoms with van der Waals surface area (Å²) in [4.78, 5) is 14.9. The van der Waals surface area contributed by atoms with Gasteiger partial charge in [0.25, 0.3) is 0 Å². The largest absolute Gasteiger partial charge is 0.288 e. The van der Waals surface area contributed by atoms with Crippen molar-refractivity contribution in [3.8, 4) is 6.07 Å². The minimum Gasteiger partial charge on any atom is -0.288 e. The second kappa shape index (κ2) is 7.16. The molecule has 0 N–H and O–H groups in total. The van der Waals surface area contributed by atoms with Crippen LogP contribution in [0.15, 0.2) is 88.2 Å². The van der Waals surface area contributed by atoms with Crippen LogP contribution in [0.2, 0.25) is 0 Å². The van der Waals surface area contributed by atoms with Gasteiger partial charge in [-0.15, -0.1) is 0 Å². The van der Waals surface area contributed by atoms with Gasteiger partial charge in [0.05, 0.1) is 0 Å². The van der Waals surface area contributed by atoms with Crippen molar-refractivity contribution in [2.75, 3.05) is 0 Å². The Morgan fingerprint density at radius 3 is 2.50 bits per heavy atom. The van der Waals surface area contributed by atoms with E-state index in [4.69, 9.17) is 0 Å². The number of carbonyl (C=O) groups excluding carboxylic acids is 1. The predicted molar refractivity (Wildman–Crippen MR) is 98.5 cm³/mol. The molecule has 0 saturated heterocycles. The summed E-state index contributed by atoms with van der Waals surface area (Å²) in [5.41, 5.74) is 2.32. The van der Waals surface area contributed by atoms with E-state index in [9.17, 15) is 10.1 Å². The summed E-state index contributed by atoms with van der Waals surface area (Å²) in [6, 6.07) is 18.9.